The normalized spacial score (nSPS) is 17.8. The molecule has 12 nitrogen and oxygen atoms in total. The zero-order valence-electron chi connectivity index (χ0n) is 19.3. The van der Waals surface area contributed by atoms with E-state index < -0.39 is 17.6 Å². The van der Waals surface area contributed by atoms with Gasteiger partial charge in [0.2, 0.25) is 11.8 Å². The van der Waals surface area contributed by atoms with Crippen LogP contribution in [0.5, 0.6) is 5.88 Å². The summed E-state index contributed by atoms with van der Waals surface area (Å²) in [5.74, 6) is 0.370. The second-order valence-corrected chi connectivity index (χ2v) is 8.86. The van der Waals surface area contributed by atoms with Crippen molar-refractivity contribution in [1.29, 1.82) is 0 Å². The van der Waals surface area contributed by atoms with Crippen molar-refractivity contribution >= 4 is 23.5 Å². The average Bonchev–Trinajstić information content (AvgIpc) is 3.51. The van der Waals surface area contributed by atoms with Crippen LogP contribution < -0.4 is 26.3 Å². The number of rotatable bonds is 4. The summed E-state index contributed by atoms with van der Waals surface area (Å²) >= 11 is 0. The molecule has 15 heteroatoms. The average molecular weight is 514 g/mol. The Morgan fingerprint density at radius 2 is 1.81 bits per heavy atom. The molecule has 4 aromatic rings. The van der Waals surface area contributed by atoms with E-state index in [0.717, 1.165) is 18.9 Å². The van der Waals surface area contributed by atoms with E-state index in [1.165, 1.54) is 10.6 Å². The largest absolute Gasteiger partial charge is 0.493 e. The van der Waals surface area contributed by atoms with Crippen molar-refractivity contribution in [3.05, 3.63) is 57.1 Å². The molecule has 1 saturated heterocycles. The quantitative estimate of drug-likeness (QED) is 0.350. The van der Waals surface area contributed by atoms with Crippen LogP contribution in [0.15, 0.2) is 34.2 Å². The van der Waals surface area contributed by atoms with Gasteiger partial charge in [-0.15, -0.1) is 0 Å². The maximum atomic E-state index is 13.1. The Morgan fingerprint density at radius 1 is 1.05 bits per heavy atom. The van der Waals surface area contributed by atoms with Gasteiger partial charge in [0.15, 0.2) is 5.65 Å². The van der Waals surface area contributed by atoms with Gasteiger partial charge in [0.25, 0.3) is 5.62 Å². The fourth-order valence-electron chi connectivity index (χ4n) is 4.10. The first-order valence-corrected chi connectivity index (χ1v) is 11.6. The lowest BCUT2D eigenvalue weighted by atomic mass is 10.3. The monoisotopic (exact) mass is 514 g/mol. The zero-order chi connectivity index (χ0) is 25.7. The minimum atomic E-state index is -4.51. The number of hydrogen-bond acceptors (Lipinski definition) is 9. The van der Waals surface area contributed by atoms with Crippen LogP contribution in [0.4, 0.5) is 24.9 Å². The molecule has 0 bridgehead atoms. The van der Waals surface area contributed by atoms with Gasteiger partial charge in [-0.25, -0.2) is 14.8 Å². The molecule has 1 saturated carbocycles. The topological polar surface area (TPSA) is 144 Å². The Morgan fingerprint density at radius 3 is 2.49 bits per heavy atom. The van der Waals surface area contributed by atoms with E-state index in [2.05, 4.69) is 35.0 Å². The van der Waals surface area contributed by atoms with Crippen LogP contribution in [-0.2, 0) is 6.18 Å². The number of piperazine rings is 1. The van der Waals surface area contributed by atoms with E-state index >= 15 is 0 Å². The highest BCUT2D eigenvalue weighted by atomic mass is 19.4. The second kappa shape index (κ2) is 8.60. The third-order valence-corrected chi connectivity index (χ3v) is 6.16. The number of aromatic nitrogens is 7. The number of imidazole rings is 1. The van der Waals surface area contributed by atoms with Crippen LogP contribution in [0.2, 0.25) is 0 Å². The molecular formula is C22H21F3N10O2. The van der Waals surface area contributed by atoms with E-state index in [-0.39, 0.29) is 23.4 Å². The Balaban J connectivity index is 1.33. The summed E-state index contributed by atoms with van der Waals surface area (Å²) in [5.41, 5.74) is -0.466. The van der Waals surface area contributed by atoms with E-state index in [1.54, 1.807) is 23.2 Å². The SMILES string of the molecule is O=c1[nH]c(O)c(/C=c2/cnn3c(=NC4CC4)nc(N4CCN(c5cccc(C(F)(F)F)n5)CC4)nc23)[nH]1. The molecular weight excluding hydrogens is 493 g/mol. The molecule has 4 aromatic heterocycles. The molecule has 0 atom stereocenters. The summed E-state index contributed by atoms with van der Waals surface area (Å²) in [7, 11) is 0. The van der Waals surface area contributed by atoms with Crippen LogP contribution in [0.3, 0.4) is 0 Å². The summed E-state index contributed by atoms with van der Waals surface area (Å²) in [6, 6.07) is 4.04. The number of halogens is 3. The van der Waals surface area contributed by atoms with Gasteiger partial charge in [0, 0.05) is 31.4 Å². The number of nitrogens with zero attached hydrogens (tertiary/aromatic N) is 8. The summed E-state index contributed by atoms with van der Waals surface area (Å²) in [6.07, 6.45) is 0.503. The molecule has 2 fully saturated rings. The molecule has 3 N–H and O–H groups in total. The maximum absolute atomic E-state index is 13.1. The smallest absolute Gasteiger partial charge is 0.433 e. The van der Waals surface area contributed by atoms with Gasteiger partial charge in [0.05, 0.1) is 12.2 Å². The number of alkyl halides is 3. The molecule has 192 valence electrons. The summed E-state index contributed by atoms with van der Waals surface area (Å²) in [4.78, 5) is 37.8. The molecule has 0 unspecified atom stereocenters. The first-order chi connectivity index (χ1) is 17.7. The lowest BCUT2D eigenvalue weighted by Crippen LogP contribution is -2.48. The van der Waals surface area contributed by atoms with E-state index in [9.17, 15) is 23.1 Å². The number of nitrogens with one attached hydrogen (secondary N) is 2. The summed E-state index contributed by atoms with van der Waals surface area (Å²) in [6.45, 7) is 1.76. The van der Waals surface area contributed by atoms with Crippen molar-refractivity contribution < 1.29 is 18.3 Å². The lowest BCUT2D eigenvalue weighted by Gasteiger charge is -2.35. The third-order valence-electron chi connectivity index (χ3n) is 6.16. The molecule has 6 rings (SSSR count). The molecule has 1 aliphatic carbocycles. The van der Waals surface area contributed by atoms with Crippen LogP contribution in [0.1, 0.15) is 24.2 Å². The molecule has 1 aliphatic heterocycles. The number of fused-ring (bicyclic) bond motifs is 1. The van der Waals surface area contributed by atoms with Gasteiger partial charge in [-0.1, -0.05) is 6.07 Å². The Hall–Kier alpha value is -4.43. The highest BCUT2D eigenvalue weighted by molar-refractivity contribution is 5.57. The van der Waals surface area contributed by atoms with Crippen molar-refractivity contribution in [3.63, 3.8) is 0 Å². The number of H-pyrrole nitrogens is 2. The van der Waals surface area contributed by atoms with E-state index in [1.807, 2.05) is 4.90 Å². The van der Waals surface area contributed by atoms with Crippen molar-refractivity contribution in [2.75, 3.05) is 36.0 Å². The van der Waals surface area contributed by atoms with Gasteiger partial charge < -0.3 is 19.9 Å². The number of anilines is 2. The highest BCUT2D eigenvalue weighted by Gasteiger charge is 2.33. The van der Waals surface area contributed by atoms with Gasteiger partial charge in [-0.3, -0.25) is 4.98 Å². The lowest BCUT2D eigenvalue weighted by molar-refractivity contribution is -0.141. The van der Waals surface area contributed by atoms with Crippen molar-refractivity contribution in [1.82, 2.24) is 34.5 Å². The highest BCUT2D eigenvalue weighted by Crippen LogP contribution is 2.29. The van der Waals surface area contributed by atoms with Crippen LogP contribution in [0, 0.1) is 0 Å². The van der Waals surface area contributed by atoms with Crippen molar-refractivity contribution in [2.24, 2.45) is 4.99 Å². The van der Waals surface area contributed by atoms with Gasteiger partial charge in [-0.2, -0.15) is 32.8 Å². The number of aromatic hydroxyl groups is 1. The molecule has 37 heavy (non-hydrogen) atoms. The first kappa shape index (κ1) is 23.0. The van der Waals surface area contributed by atoms with Crippen LogP contribution >= 0.6 is 0 Å². The number of hydrogen-bond donors (Lipinski definition) is 3. The summed E-state index contributed by atoms with van der Waals surface area (Å²) in [5, 5.41) is 14.8. The Kier molecular flexibility index (Phi) is 5.35. The molecule has 2 aliphatic rings. The fourth-order valence-corrected chi connectivity index (χ4v) is 4.10. The van der Waals surface area contributed by atoms with Crippen molar-refractivity contribution in [3.8, 4) is 5.88 Å². The van der Waals surface area contributed by atoms with Crippen LogP contribution in [0.25, 0.3) is 11.7 Å². The van der Waals surface area contributed by atoms with Gasteiger partial charge in [-0.05, 0) is 31.1 Å². The first-order valence-electron chi connectivity index (χ1n) is 11.6. The van der Waals surface area contributed by atoms with E-state index in [4.69, 9.17) is 0 Å². The maximum Gasteiger partial charge on any atom is 0.433 e. The molecule has 5 heterocycles. The van der Waals surface area contributed by atoms with Gasteiger partial charge in [0.1, 0.15) is 17.2 Å². The molecule has 0 aromatic carbocycles. The Labute approximate surface area is 205 Å². The van der Waals surface area contributed by atoms with Crippen molar-refractivity contribution in [2.45, 2.75) is 25.1 Å². The summed E-state index contributed by atoms with van der Waals surface area (Å²) < 4.78 is 40.8. The second-order valence-electron chi connectivity index (χ2n) is 8.86. The zero-order valence-corrected chi connectivity index (χ0v) is 19.3. The van der Waals surface area contributed by atoms with E-state index in [0.29, 0.717) is 48.6 Å². The molecule has 0 amide bonds. The minimum Gasteiger partial charge on any atom is -0.493 e. The van der Waals surface area contributed by atoms with Crippen LogP contribution in [-0.4, -0.2) is 71.9 Å². The molecule has 0 spiro atoms. The minimum absolute atomic E-state index is 0.163. The Bertz CT molecular complexity index is 1650. The number of pyridine rings is 1. The third kappa shape index (κ3) is 4.59. The predicted octanol–water partition coefficient (Wildman–Crippen LogP) is 0.198. The fraction of sp³-hybridized carbons (Fsp3) is 0.364. The molecule has 0 radical (unpaired) electrons. The number of aromatic amines is 2. The standard InChI is InChI=1S/C22H21F3N10O2/c23-22(24,25)15-2-1-3-16(29-15)33-6-8-34(9-7-33)19-30-17-12(10-14-18(36)31-21(37)28-14)11-26-35(17)20(32-19)27-13-4-5-13/h1-3,10-11,13,36H,4-9H2,(H2,28,31,37)/b12-10-,27-20?. The predicted molar refractivity (Wildman–Crippen MR) is 125 cm³/mol. The van der Waals surface area contributed by atoms with Gasteiger partial charge >= 0.3 is 11.9 Å².